The van der Waals surface area contributed by atoms with Gasteiger partial charge in [0.15, 0.2) is 0 Å². The Labute approximate surface area is 108 Å². The molecule has 0 radical (unpaired) electrons. The van der Waals surface area contributed by atoms with Gasteiger partial charge in [0.25, 0.3) is 0 Å². The summed E-state index contributed by atoms with van der Waals surface area (Å²) in [5, 5.41) is 7.99. The van der Waals surface area contributed by atoms with Crippen LogP contribution in [0, 0.1) is 0 Å². The van der Waals surface area contributed by atoms with Crippen LogP contribution in [0.15, 0.2) is 47.2 Å². The molecule has 1 heterocycles. The fraction of sp³-hybridized carbons (Fsp3) is 0.333. The molecule has 2 rings (SSSR count). The highest BCUT2D eigenvalue weighted by molar-refractivity contribution is 7.07. The zero-order valence-electron chi connectivity index (χ0n) is 10.4. The Bertz CT molecular complexity index is 421. The number of thiophene rings is 1. The van der Waals surface area contributed by atoms with E-state index in [9.17, 15) is 0 Å². The molecule has 0 aliphatic heterocycles. The van der Waals surface area contributed by atoms with E-state index in [1.807, 2.05) is 0 Å². The molecule has 0 amide bonds. The Morgan fingerprint density at radius 3 is 2.53 bits per heavy atom. The van der Waals surface area contributed by atoms with E-state index in [1.165, 1.54) is 11.1 Å². The van der Waals surface area contributed by atoms with Gasteiger partial charge in [-0.15, -0.1) is 0 Å². The van der Waals surface area contributed by atoms with E-state index in [2.05, 4.69) is 66.3 Å². The lowest BCUT2D eigenvalue weighted by Gasteiger charge is -2.19. The lowest BCUT2D eigenvalue weighted by atomic mass is 10.1. The summed E-state index contributed by atoms with van der Waals surface area (Å²) in [6.07, 6.45) is 1.08. The van der Waals surface area contributed by atoms with E-state index >= 15 is 0 Å². The van der Waals surface area contributed by atoms with Crippen LogP contribution < -0.4 is 5.32 Å². The first-order chi connectivity index (χ1) is 8.25. The normalized spacial score (nSPS) is 14.5. The van der Waals surface area contributed by atoms with Crippen molar-refractivity contribution >= 4 is 11.3 Å². The molecule has 17 heavy (non-hydrogen) atoms. The molecular weight excluding hydrogens is 226 g/mol. The Morgan fingerprint density at radius 2 is 1.88 bits per heavy atom. The molecule has 1 aromatic carbocycles. The lowest BCUT2D eigenvalue weighted by molar-refractivity contribution is 0.478. The Morgan fingerprint density at radius 1 is 1.12 bits per heavy atom. The highest BCUT2D eigenvalue weighted by Gasteiger charge is 2.09. The number of nitrogens with one attached hydrogen (secondary N) is 1. The van der Waals surface area contributed by atoms with Crippen molar-refractivity contribution in [3.63, 3.8) is 0 Å². The highest BCUT2D eigenvalue weighted by Crippen LogP contribution is 2.16. The number of hydrogen-bond acceptors (Lipinski definition) is 2. The van der Waals surface area contributed by atoms with Crippen LogP contribution in [-0.4, -0.2) is 6.04 Å². The predicted octanol–water partition coefficient (Wildman–Crippen LogP) is 4.03. The van der Waals surface area contributed by atoms with Crippen molar-refractivity contribution in [2.24, 2.45) is 0 Å². The zero-order chi connectivity index (χ0) is 12.1. The summed E-state index contributed by atoms with van der Waals surface area (Å²) in [5.41, 5.74) is 2.78. The maximum Gasteiger partial charge on any atom is 0.0302 e. The van der Waals surface area contributed by atoms with E-state index < -0.39 is 0 Å². The van der Waals surface area contributed by atoms with Crippen molar-refractivity contribution < 1.29 is 0 Å². The molecule has 0 fully saturated rings. The molecule has 90 valence electrons. The van der Waals surface area contributed by atoms with Gasteiger partial charge in [-0.1, -0.05) is 30.3 Å². The molecule has 2 unspecified atom stereocenters. The van der Waals surface area contributed by atoms with Gasteiger partial charge in [-0.3, -0.25) is 0 Å². The average molecular weight is 245 g/mol. The van der Waals surface area contributed by atoms with Gasteiger partial charge in [-0.25, -0.2) is 0 Å². The number of rotatable bonds is 5. The van der Waals surface area contributed by atoms with Crippen LogP contribution in [0.1, 0.15) is 31.0 Å². The Hall–Kier alpha value is -1.12. The molecule has 0 bridgehead atoms. The van der Waals surface area contributed by atoms with Crippen LogP contribution in [0.3, 0.4) is 0 Å². The Balaban J connectivity index is 1.87. The summed E-state index contributed by atoms with van der Waals surface area (Å²) in [6, 6.07) is 13.8. The molecule has 0 saturated carbocycles. The van der Waals surface area contributed by atoms with E-state index in [-0.39, 0.29) is 0 Å². The molecule has 0 aliphatic carbocycles. The largest absolute Gasteiger partial charge is 0.307 e. The van der Waals surface area contributed by atoms with Crippen LogP contribution in [0.25, 0.3) is 0 Å². The van der Waals surface area contributed by atoms with E-state index in [4.69, 9.17) is 0 Å². The fourth-order valence-corrected chi connectivity index (χ4v) is 2.83. The second kappa shape index (κ2) is 5.99. The van der Waals surface area contributed by atoms with Crippen molar-refractivity contribution in [3.05, 3.63) is 58.3 Å². The highest BCUT2D eigenvalue weighted by atomic mass is 32.1. The maximum absolute atomic E-state index is 3.64. The van der Waals surface area contributed by atoms with Gasteiger partial charge in [-0.2, -0.15) is 11.3 Å². The molecule has 0 spiro atoms. The standard InChI is InChI=1S/C15H19NS/c1-12(10-14-6-4-3-5-7-14)16-13(2)15-8-9-17-11-15/h3-9,11-13,16H,10H2,1-2H3. The van der Waals surface area contributed by atoms with Crippen molar-refractivity contribution in [1.29, 1.82) is 0 Å². The van der Waals surface area contributed by atoms with Crippen molar-refractivity contribution in [1.82, 2.24) is 5.32 Å². The summed E-state index contributed by atoms with van der Waals surface area (Å²) in [4.78, 5) is 0. The van der Waals surface area contributed by atoms with Crippen molar-refractivity contribution in [2.75, 3.05) is 0 Å². The average Bonchev–Trinajstić information content (AvgIpc) is 2.83. The van der Waals surface area contributed by atoms with Crippen molar-refractivity contribution in [3.8, 4) is 0 Å². The minimum Gasteiger partial charge on any atom is -0.307 e. The molecule has 1 aromatic heterocycles. The SMILES string of the molecule is CC(Cc1ccccc1)NC(C)c1ccsc1. The van der Waals surface area contributed by atoms with Crippen LogP contribution in [0.4, 0.5) is 0 Å². The van der Waals surface area contributed by atoms with Crippen molar-refractivity contribution in [2.45, 2.75) is 32.4 Å². The first-order valence-corrected chi connectivity index (χ1v) is 7.02. The van der Waals surface area contributed by atoms with Gasteiger partial charge < -0.3 is 5.32 Å². The molecule has 0 aliphatic rings. The monoisotopic (exact) mass is 245 g/mol. The molecule has 1 nitrogen and oxygen atoms in total. The molecule has 2 heteroatoms. The smallest absolute Gasteiger partial charge is 0.0302 e. The van der Waals surface area contributed by atoms with Crippen LogP contribution in [0.2, 0.25) is 0 Å². The molecule has 2 atom stereocenters. The number of benzene rings is 1. The van der Waals surface area contributed by atoms with Crippen LogP contribution >= 0.6 is 11.3 Å². The minimum atomic E-state index is 0.431. The van der Waals surface area contributed by atoms with Gasteiger partial charge in [0, 0.05) is 12.1 Å². The third-order valence-electron chi connectivity index (χ3n) is 2.96. The zero-order valence-corrected chi connectivity index (χ0v) is 11.2. The summed E-state index contributed by atoms with van der Waals surface area (Å²) >= 11 is 1.76. The minimum absolute atomic E-state index is 0.431. The van der Waals surface area contributed by atoms with Crippen LogP contribution in [-0.2, 0) is 6.42 Å². The van der Waals surface area contributed by atoms with Gasteiger partial charge in [0.1, 0.15) is 0 Å². The molecule has 1 N–H and O–H groups in total. The second-order valence-corrected chi connectivity index (χ2v) is 5.32. The maximum atomic E-state index is 3.64. The topological polar surface area (TPSA) is 12.0 Å². The fourth-order valence-electron chi connectivity index (χ4n) is 2.07. The first kappa shape index (κ1) is 12.3. The molecule has 0 saturated heterocycles. The summed E-state index contributed by atoms with van der Waals surface area (Å²) < 4.78 is 0. The second-order valence-electron chi connectivity index (χ2n) is 4.54. The first-order valence-electron chi connectivity index (χ1n) is 6.08. The van der Waals surface area contributed by atoms with E-state index in [1.54, 1.807) is 11.3 Å². The van der Waals surface area contributed by atoms with Gasteiger partial charge >= 0.3 is 0 Å². The summed E-state index contributed by atoms with van der Waals surface area (Å²) in [5.74, 6) is 0. The third-order valence-corrected chi connectivity index (χ3v) is 3.66. The molecule has 2 aromatic rings. The molecular formula is C15H19NS. The quantitative estimate of drug-likeness (QED) is 0.838. The summed E-state index contributed by atoms with van der Waals surface area (Å²) in [7, 11) is 0. The van der Waals surface area contributed by atoms with Gasteiger partial charge in [-0.05, 0) is 48.2 Å². The Kier molecular flexibility index (Phi) is 4.35. The summed E-state index contributed by atoms with van der Waals surface area (Å²) in [6.45, 7) is 4.47. The van der Waals surface area contributed by atoms with Gasteiger partial charge in [0.05, 0.1) is 0 Å². The lowest BCUT2D eigenvalue weighted by Crippen LogP contribution is -2.30. The number of hydrogen-bond donors (Lipinski definition) is 1. The third kappa shape index (κ3) is 3.69. The predicted molar refractivity (Wildman–Crippen MR) is 75.5 cm³/mol. The van der Waals surface area contributed by atoms with E-state index in [0.29, 0.717) is 12.1 Å². The van der Waals surface area contributed by atoms with Gasteiger partial charge in [0.2, 0.25) is 0 Å². The van der Waals surface area contributed by atoms with E-state index in [0.717, 1.165) is 6.42 Å². The van der Waals surface area contributed by atoms with Crippen LogP contribution in [0.5, 0.6) is 0 Å².